The van der Waals surface area contributed by atoms with Gasteiger partial charge in [0.25, 0.3) is 0 Å². The number of rotatable bonds is 10. The van der Waals surface area contributed by atoms with Gasteiger partial charge in [0.1, 0.15) is 0 Å². The lowest BCUT2D eigenvalue weighted by Crippen LogP contribution is -2.39. The Kier molecular flexibility index (Phi) is 6.31. The van der Waals surface area contributed by atoms with Crippen LogP contribution in [0, 0.1) is 5.92 Å². The van der Waals surface area contributed by atoms with Gasteiger partial charge in [0, 0.05) is 37.2 Å². The molecule has 3 nitrogen and oxygen atoms in total. The molecule has 1 atom stereocenters. The van der Waals surface area contributed by atoms with E-state index in [9.17, 15) is 0 Å². The van der Waals surface area contributed by atoms with E-state index in [0.717, 1.165) is 38.8 Å². The molecule has 1 N–H and O–H groups in total. The lowest BCUT2D eigenvalue weighted by atomic mass is 10.3. The van der Waals surface area contributed by atoms with E-state index in [0.29, 0.717) is 6.04 Å². The Labute approximate surface area is 121 Å². The van der Waals surface area contributed by atoms with Crippen molar-refractivity contribution in [3.8, 4) is 0 Å². The van der Waals surface area contributed by atoms with E-state index in [-0.39, 0.29) is 0 Å². The average molecular weight is 282 g/mol. The molecule has 0 saturated heterocycles. The Morgan fingerprint density at radius 2 is 2.37 bits per heavy atom. The quantitative estimate of drug-likeness (QED) is 0.668. The van der Waals surface area contributed by atoms with E-state index < -0.39 is 0 Å². The number of ether oxygens (including phenoxy) is 1. The third-order valence-corrected chi connectivity index (χ3v) is 4.59. The minimum atomic E-state index is 0.546. The van der Waals surface area contributed by atoms with Crippen LogP contribution in [0.4, 0.5) is 0 Å². The molecule has 0 aromatic carbocycles. The van der Waals surface area contributed by atoms with Crippen molar-refractivity contribution in [2.75, 3.05) is 33.4 Å². The molecule has 1 unspecified atom stereocenters. The van der Waals surface area contributed by atoms with Gasteiger partial charge in [-0.15, -0.1) is 11.3 Å². The monoisotopic (exact) mass is 282 g/mol. The van der Waals surface area contributed by atoms with Gasteiger partial charge in [-0.05, 0) is 44.2 Å². The number of hydrogen-bond donors (Lipinski definition) is 1. The van der Waals surface area contributed by atoms with Crippen molar-refractivity contribution < 1.29 is 4.74 Å². The van der Waals surface area contributed by atoms with Gasteiger partial charge in [0.05, 0.1) is 6.61 Å². The zero-order valence-corrected chi connectivity index (χ0v) is 12.9. The Morgan fingerprint density at radius 1 is 1.53 bits per heavy atom. The topological polar surface area (TPSA) is 24.5 Å². The van der Waals surface area contributed by atoms with Crippen LogP contribution in [-0.2, 0) is 11.3 Å². The van der Waals surface area contributed by atoms with Gasteiger partial charge in [0.2, 0.25) is 0 Å². The predicted molar refractivity (Wildman–Crippen MR) is 81.7 cm³/mol. The van der Waals surface area contributed by atoms with E-state index in [1.807, 2.05) is 11.3 Å². The molecule has 0 aliphatic heterocycles. The first-order chi connectivity index (χ1) is 9.25. The fraction of sp³-hybridized carbons (Fsp3) is 0.733. The fourth-order valence-electron chi connectivity index (χ4n) is 1.94. The van der Waals surface area contributed by atoms with Crippen LogP contribution in [0.2, 0.25) is 0 Å². The molecule has 0 radical (unpaired) electrons. The summed E-state index contributed by atoms with van der Waals surface area (Å²) in [6.07, 6.45) is 2.75. The summed E-state index contributed by atoms with van der Waals surface area (Å²) in [5, 5.41) is 5.64. The molecule has 1 aliphatic carbocycles. The number of likely N-dealkylation sites (N-methyl/N-ethyl adjacent to an activating group) is 1. The van der Waals surface area contributed by atoms with Crippen molar-refractivity contribution in [2.24, 2.45) is 5.92 Å². The van der Waals surface area contributed by atoms with Gasteiger partial charge in [-0.25, -0.2) is 0 Å². The van der Waals surface area contributed by atoms with Gasteiger partial charge in [-0.1, -0.05) is 6.07 Å². The molecule has 19 heavy (non-hydrogen) atoms. The number of thiophene rings is 1. The molecule has 1 heterocycles. The first-order valence-corrected chi connectivity index (χ1v) is 8.14. The van der Waals surface area contributed by atoms with Crippen LogP contribution in [0.3, 0.4) is 0 Å². The summed E-state index contributed by atoms with van der Waals surface area (Å²) in [6.45, 7) is 7.13. The molecule has 2 rings (SSSR count). The van der Waals surface area contributed by atoms with Gasteiger partial charge in [-0.3, -0.25) is 0 Å². The molecule has 108 valence electrons. The predicted octanol–water partition coefficient (Wildman–Crippen LogP) is 2.58. The van der Waals surface area contributed by atoms with Crippen molar-refractivity contribution in [3.05, 3.63) is 22.4 Å². The van der Waals surface area contributed by atoms with Crippen LogP contribution in [-0.4, -0.2) is 44.3 Å². The van der Waals surface area contributed by atoms with Crippen LogP contribution in [0.5, 0.6) is 0 Å². The number of nitrogens with one attached hydrogen (secondary N) is 1. The highest BCUT2D eigenvalue weighted by Crippen LogP contribution is 2.28. The smallest absolute Gasteiger partial charge is 0.0593 e. The lowest BCUT2D eigenvalue weighted by Gasteiger charge is -2.24. The van der Waals surface area contributed by atoms with E-state index >= 15 is 0 Å². The Morgan fingerprint density at radius 3 is 3.05 bits per heavy atom. The van der Waals surface area contributed by atoms with Crippen molar-refractivity contribution in [3.63, 3.8) is 0 Å². The zero-order valence-electron chi connectivity index (χ0n) is 12.1. The van der Waals surface area contributed by atoms with Crippen LogP contribution in [0.15, 0.2) is 17.5 Å². The second-order valence-corrected chi connectivity index (χ2v) is 6.59. The summed E-state index contributed by atoms with van der Waals surface area (Å²) in [6, 6.07) is 4.83. The molecule has 1 aliphatic rings. The normalized spacial score (nSPS) is 17.0. The molecular weight excluding hydrogens is 256 g/mol. The maximum absolute atomic E-state index is 5.68. The maximum Gasteiger partial charge on any atom is 0.0593 e. The van der Waals surface area contributed by atoms with Gasteiger partial charge in [0.15, 0.2) is 0 Å². The summed E-state index contributed by atoms with van der Waals surface area (Å²) in [5.74, 6) is 0.871. The molecule has 1 fully saturated rings. The molecule has 1 aromatic rings. The van der Waals surface area contributed by atoms with Crippen LogP contribution < -0.4 is 5.32 Å². The van der Waals surface area contributed by atoms with E-state index in [2.05, 4.69) is 41.7 Å². The second-order valence-electron chi connectivity index (χ2n) is 5.56. The van der Waals surface area contributed by atoms with Crippen LogP contribution >= 0.6 is 11.3 Å². The molecule has 1 saturated carbocycles. The minimum Gasteiger partial charge on any atom is -0.380 e. The largest absolute Gasteiger partial charge is 0.380 e. The van der Waals surface area contributed by atoms with E-state index in [4.69, 9.17) is 4.74 Å². The first-order valence-electron chi connectivity index (χ1n) is 7.27. The van der Waals surface area contributed by atoms with E-state index in [1.54, 1.807) is 0 Å². The lowest BCUT2D eigenvalue weighted by molar-refractivity contribution is 0.0934. The summed E-state index contributed by atoms with van der Waals surface area (Å²) >= 11 is 1.81. The van der Waals surface area contributed by atoms with Crippen molar-refractivity contribution in [1.82, 2.24) is 10.2 Å². The molecular formula is C15H26N2OS. The standard InChI is InChI=1S/C15H26N2OS/c1-13(10-16-11-15-4-3-9-19-15)17(2)7-8-18-12-14-5-6-14/h3-4,9,13-14,16H,5-8,10-12H2,1-2H3. The summed E-state index contributed by atoms with van der Waals surface area (Å²) in [4.78, 5) is 3.77. The number of hydrogen-bond acceptors (Lipinski definition) is 4. The Balaban J connectivity index is 1.49. The summed E-state index contributed by atoms with van der Waals surface area (Å²) in [7, 11) is 2.18. The third-order valence-electron chi connectivity index (χ3n) is 3.71. The van der Waals surface area contributed by atoms with E-state index in [1.165, 1.54) is 17.7 Å². The fourth-order valence-corrected chi connectivity index (χ4v) is 2.61. The van der Waals surface area contributed by atoms with Gasteiger partial charge >= 0.3 is 0 Å². The molecule has 0 amide bonds. The molecule has 1 aromatic heterocycles. The SMILES string of the molecule is CC(CNCc1cccs1)N(C)CCOCC1CC1. The Bertz CT molecular complexity index is 338. The number of nitrogens with zero attached hydrogens (tertiary/aromatic N) is 1. The maximum atomic E-state index is 5.68. The molecule has 4 heteroatoms. The minimum absolute atomic E-state index is 0.546. The van der Waals surface area contributed by atoms with Crippen molar-refractivity contribution in [2.45, 2.75) is 32.4 Å². The van der Waals surface area contributed by atoms with Crippen molar-refractivity contribution in [1.29, 1.82) is 0 Å². The highest BCUT2D eigenvalue weighted by Gasteiger charge is 2.21. The highest BCUT2D eigenvalue weighted by atomic mass is 32.1. The molecule has 0 bridgehead atoms. The third kappa shape index (κ3) is 6.04. The Hall–Kier alpha value is -0.420. The second kappa shape index (κ2) is 8.00. The molecule has 0 spiro atoms. The van der Waals surface area contributed by atoms with Crippen LogP contribution in [0.25, 0.3) is 0 Å². The van der Waals surface area contributed by atoms with Crippen molar-refractivity contribution >= 4 is 11.3 Å². The van der Waals surface area contributed by atoms with Gasteiger partial charge in [-0.2, -0.15) is 0 Å². The van der Waals surface area contributed by atoms with Gasteiger partial charge < -0.3 is 15.0 Å². The zero-order chi connectivity index (χ0) is 13.5. The first kappa shape index (κ1) is 15.0. The summed E-state index contributed by atoms with van der Waals surface area (Å²) < 4.78 is 5.68. The average Bonchev–Trinajstić information content (AvgIpc) is 3.09. The summed E-state index contributed by atoms with van der Waals surface area (Å²) in [5.41, 5.74) is 0. The highest BCUT2D eigenvalue weighted by molar-refractivity contribution is 7.09. The van der Waals surface area contributed by atoms with Crippen LogP contribution in [0.1, 0.15) is 24.6 Å².